The smallest absolute Gasteiger partial charge is 0.270 e. The van der Waals surface area contributed by atoms with Gasteiger partial charge in [0.05, 0.1) is 22.4 Å². The summed E-state index contributed by atoms with van der Waals surface area (Å²) in [6.07, 6.45) is 21.5. The van der Waals surface area contributed by atoms with E-state index in [1.807, 2.05) is 30.3 Å². The highest BCUT2D eigenvalue weighted by molar-refractivity contribution is 7.15. The van der Waals surface area contributed by atoms with Crippen LogP contribution in [0.5, 0.6) is 11.5 Å². The topological polar surface area (TPSA) is 128 Å². The molecule has 12 rings (SSSR count). The summed E-state index contributed by atoms with van der Waals surface area (Å²) in [7, 11) is 0. The number of thiophene rings is 2. The molecule has 14 heteroatoms. The van der Waals surface area contributed by atoms with Gasteiger partial charge in [-0.2, -0.15) is 10.5 Å². The molecule has 2 spiro atoms. The molecule has 2 fully saturated rings. The largest absolute Gasteiger partial charge is 0.481 e. The van der Waals surface area contributed by atoms with Crippen LogP contribution in [-0.4, -0.2) is 22.8 Å². The monoisotopic (exact) mass is 966 g/mol. The fraction of sp³-hybridized carbons (Fsp3) is 0.250. The number of Topliss-reactive ketones (excluding diaryl/α,β-unsaturated/α-hetero) is 2. The van der Waals surface area contributed by atoms with E-state index in [0.29, 0.717) is 21.3 Å². The fourth-order valence-electron chi connectivity index (χ4n) is 11.9. The zero-order valence-corrected chi connectivity index (χ0v) is 38.5. The molecule has 0 N–H and O–H groups in total. The van der Waals surface area contributed by atoms with Gasteiger partial charge in [-0.25, -0.2) is 27.7 Å². The van der Waals surface area contributed by atoms with Crippen LogP contribution in [0.4, 0.5) is 17.6 Å². The van der Waals surface area contributed by atoms with Crippen LogP contribution in [0, 0.1) is 75.7 Å². The molecule has 4 aromatic rings. The number of allylic oxidation sites excluding steroid dienone is 10. The van der Waals surface area contributed by atoms with Gasteiger partial charge in [-0.05, 0) is 122 Å². The minimum absolute atomic E-state index is 0.000688. The number of nitriles is 3. The van der Waals surface area contributed by atoms with E-state index in [0.717, 1.165) is 121 Å². The molecule has 0 radical (unpaired) electrons. The number of halogens is 4. The van der Waals surface area contributed by atoms with Gasteiger partial charge in [-0.1, -0.05) is 37.1 Å². The molecule has 8 nitrogen and oxygen atoms in total. The minimum atomic E-state index is -1.21. The van der Waals surface area contributed by atoms with Crippen molar-refractivity contribution >= 4 is 68.7 Å². The standard InChI is InChI=1S/C56H34F4N4O4S2/c1-64-46(26-63)50-33-21-43(58)45(60)23-35(33)52(66)39(50)17-31-19-48-54(70-31)37-13-28-14-40-36(12-27(28)15-41(37)56(68-48)10-6-3-7-11-56)53-47(67-55(40)8-4-2-5-9-55)18-30(69-53)16-38-49(29(24-61)25-62)32-20-42(57)44(59)22-34(32)51(38)65/h12-23,27-28H,2-11H2/b38-16-,39-17-,50-46-. The third-order valence-corrected chi connectivity index (χ3v) is 17.2. The number of hydrogen-bond donors (Lipinski definition) is 0. The molecule has 2 atom stereocenters. The van der Waals surface area contributed by atoms with E-state index in [1.165, 1.54) is 22.7 Å². The number of benzene rings is 2. The van der Waals surface area contributed by atoms with Crippen LogP contribution in [0.15, 0.2) is 94.3 Å². The van der Waals surface area contributed by atoms with Crippen molar-refractivity contribution in [2.45, 2.75) is 75.4 Å². The zero-order chi connectivity index (χ0) is 48.4. The molecular formula is C56H34F4N4O4S2. The van der Waals surface area contributed by atoms with Crippen LogP contribution in [0.1, 0.15) is 116 Å². The molecule has 2 saturated carbocycles. The predicted molar refractivity (Wildman–Crippen MR) is 255 cm³/mol. The van der Waals surface area contributed by atoms with Gasteiger partial charge in [0.25, 0.3) is 5.70 Å². The molecule has 70 heavy (non-hydrogen) atoms. The summed E-state index contributed by atoms with van der Waals surface area (Å²) in [5, 5.41) is 29.8. The van der Waals surface area contributed by atoms with Crippen molar-refractivity contribution in [3.05, 3.63) is 171 Å². The summed E-state index contributed by atoms with van der Waals surface area (Å²) in [5.41, 5.74) is 1.84. The minimum Gasteiger partial charge on any atom is -0.481 e. The number of carbonyl (C=O) groups excluding carboxylic acids is 2. The summed E-state index contributed by atoms with van der Waals surface area (Å²) in [5.74, 6) is -4.91. The lowest BCUT2D eigenvalue weighted by Crippen LogP contribution is -2.45. The molecule has 0 amide bonds. The van der Waals surface area contributed by atoms with Crippen molar-refractivity contribution in [1.29, 1.82) is 15.8 Å². The van der Waals surface area contributed by atoms with Crippen LogP contribution in [0.25, 0.3) is 39.3 Å². The maximum atomic E-state index is 14.6. The average molecular weight is 967 g/mol. The molecule has 2 aromatic heterocycles. The first-order valence-electron chi connectivity index (χ1n) is 23.0. The van der Waals surface area contributed by atoms with E-state index in [2.05, 4.69) is 29.1 Å². The number of rotatable bonds is 2. The lowest BCUT2D eigenvalue weighted by atomic mass is 9.65. The molecule has 342 valence electrons. The molecule has 4 heterocycles. The second-order valence-corrected chi connectivity index (χ2v) is 21.0. The van der Waals surface area contributed by atoms with E-state index in [9.17, 15) is 42.9 Å². The lowest BCUT2D eigenvalue weighted by Gasteiger charge is -2.48. The van der Waals surface area contributed by atoms with Crippen LogP contribution in [-0.2, 0) is 0 Å². The van der Waals surface area contributed by atoms with Gasteiger partial charge in [-0.15, -0.1) is 22.7 Å². The molecule has 2 aliphatic heterocycles. The highest BCUT2D eigenvalue weighted by atomic mass is 32.1. The first kappa shape index (κ1) is 43.6. The van der Waals surface area contributed by atoms with Gasteiger partial charge >= 0.3 is 0 Å². The van der Waals surface area contributed by atoms with Crippen molar-refractivity contribution < 1.29 is 36.6 Å². The van der Waals surface area contributed by atoms with Crippen molar-refractivity contribution in [3.8, 4) is 29.7 Å². The molecule has 8 aliphatic rings. The Morgan fingerprint density at radius 1 is 0.600 bits per heavy atom. The fourth-order valence-corrected chi connectivity index (χ4v) is 14.0. The van der Waals surface area contributed by atoms with E-state index in [-0.39, 0.29) is 62.0 Å². The third kappa shape index (κ3) is 6.40. The zero-order valence-electron chi connectivity index (χ0n) is 36.9. The number of nitrogens with zero attached hydrogens (tertiary/aromatic N) is 4. The van der Waals surface area contributed by atoms with E-state index >= 15 is 0 Å². The van der Waals surface area contributed by atoms with Crippen LogP contribution >= 0.6 is 22.7 Å². The highest BCUT2D eigenvalue weighted by Gasteiger charge is 2.50. The number of carbonyl (C=O) groups is 2. The van der Waals surface area contributed by atoms with Gasteiger partial charge in [0, 0.05) is 66.2 Å². The Bertz CT molecular complexity index is 3340. The Morgan fingerprint density at radius 2 is 1.01 bits per heavy atom. The van der Waals surface area contributed by atoms with Gasteiger partial charge in [0.2, 0.25) is 0 Å². The maximum absolute atomic E-state index is 14.6. The predicted octanol–water partition coefficient (Wildman–Crippen LogP) is 13.7. The Hall–Kier alpha value is -7.62. The molecule has 2 unspecified atom stereocenters. The molecular weight excluding hydrogens is 933 g/mol. The molecule has 6 aliphatic carbocycles. The summed E-state index contributed by atoms with van der Waals surface area (Å²) in [4.78, 5) is 34.0. The first-order chi connectivity index (χ1) is 33.9. The number of hydrogen-bond acceptors (Lipinski definition) is 9. The Morgan fingerprint density at radius 3 is 1.43 bits per heavy atom. The van der Waals surface area contributed by atoms with E-state index < -0.39 is 51.7 Å². The number of ketones is 2. The summed E-state index contributed by atoms with van der Waals surface area (Å²) in [6.45, 7) is 7.70. The van der Waals surface area contributed by atoms with Crippen molar-refractivity contribution in [3.63, 3.8) is 0 Å². The molecule has 0 bridgehead atoms. The van der Waals surface area contributed by atoms with Crippen molar-refractivity contribution in [2.75, 3.05) is 0 Å². The second kappa shape index (κ2) is 16.0. The number of fused-ring (bicyclic) bond motifs is 11. The van der Waals surface area contributed by atoms with Crippen molar-refractivity contribution in [2.24, 2.45) is 11.8 Å². The SMILES string of the molecule is [C-]#[N+]/C(C#N)=C1\C(=C\c2cc3c(s2)C2=CC4C=C5C(=CC4C=C2C2(CCCCC2)O3)c2sc(/C=C3\C(=O)c4cc(F)c(F)cc4C3=C(C#N)C#N)cc2OC52CCCCC2)C(=O)c2cc(F)c(F)cc21. The number of ether oxygens (including phenoxy) is 2. The van der Waals surface area contributed by atoms with E-state index in [1.54, 1.807) is 12.2 Å². The summed E-state index contributed by atoms with van der Waals surface area (Å²) >= 11 is 2.81. The van der Waals surface area contributed by atoms with Crippen molar-refractivity contribution in [1.82, 2.24) is 0 Å². The lowest BCUT2D eigenvalue weighted by molar-refractivity contribution is 0.0636. The normalized spacial score (nSPS) is 23.6. The van der Waals surface area contributed by atoms with Crippen LogP contribution < -0.4 is 9.47 Å². The summed E-state index contributed by atoms with van der Waals surface area (Å²) in [6, 6.07) is 12.6. The highest BCUT2D eigenvalue weighted by Crippen LogP contribution is 2.60. The van der Waals surface area contributed by atoms with Gasteiger partial charge in [0.15, 0.2) is 34.8 Å². The quantitative estimate of drug-likeness (QED) is 0.0847. The maximum Gasteiger partial charge on any atom is 0.270 e. The van der Waals surface area contributed by atoms with Crippen LogP contribution in [0.2, 0.25) is 0 Å². The summed E-state index contributed by atoms with van der Waals surface area (Å²) < 4.78 is 72.3. The van der Waals surface area contributed by atoms with Crippen LogP contribution in [0.3, 0.4) is 0 Å². The second-order valence-electron chi connectivity index (χ2n) is 18.8. The Balaban J connectivity index is 0.969. The third-order valence-electron chi connectivity index (χ3n) is 15.0. The van der Waals surface area contributed by atoms with Gasteiger partial charge < -0.3 is 9.47 Å². The van der Waals surface area contributed by atoms with E-state index in [4.69, 9.17) is 16.0 Å². The molecule has 2 aromatic carbocycles. The molecule has 0 saturated heterocycles. The van der Waals surface area contributed by atoms with Gasteiger partial charge in [-0.3, -0.25) is 9.59 Å². The average Bonchev–Trinajstić information content (AvgIpc) is 4.09. The Kier molecular flexibility index (Phi) is 9.96. The first-order valence-corrected chi connectivity index (χ1v) is 24.7. The van der Waals surface area contributed by atoms with Gasteiger partial charge in [0.1, 0.15) is 40.4 Å². The Labute approximate surface area is 406 Å².